The van der Waals surface area contributed by atoms with Gasteiger partial charge in [-0.25, -0.2) is 0 Å². The van der Waals surface area contributed by atoms with Crippen molar-refractivity contribution in [2.24, 2.45) is 0 Å². The van der Waals surface area contributed by atoms with Crippen LogP contribution in [0.25, 0.3) is 22.3 Å². The predicted molar refractivity (Wildman–Crippen MR) is 75.6 cm³/mol. The molecule has 0 spiro atoms. The minimum absolute atomic E-state index is 0.0254. The molecule has 0 atom stereocenters. The van der Waals surface area contributed by atoms with Gasteiger partial charge in [0.15, 0.2) is 5.43 Å². The fourth-order valence-corrected chi connectivity index (χ4v) is 2.21. The van der Waals surface area contributed by atoms with Crippen LogP contribution in [0.2, 0.25) is 0 Å². The summed E-state index contributed by atoms with van der Waals surface area (Å²) in [6.45, 7) is 0. The van der Waals surface area contributed by atoms with Gasteiger partial charge in [0.2, 0.25) is 0 Å². The van der Waals surface area contributed by atoms with Gasteiger partial charge < -0.3 is 4.42 Å². The van der Waals surface area contributed by atoms with Crippen LogP contribution in [0.15, 0.2) is 68.3 Å². The number of fused-ring (bicyclic) bond motifs is 1. The van der Waals surface area contributed by atoms with Crippen molar-refractivity contribution in [2.75, 3.05) is 0 Å². The second kappa shape index (κ2) is 4.42. The highest BCUT2D eigenvalue weighted by Gasteiger charge is 2.06. The summed E-state index contributed by atoms with van der Waals surface area (Å²) in [6.07, 6.45) is 0. The molecule has 0 aliphatic rings. The van der Waals surface area contributed by atoms with Crippen molar-refractivity contribution in [1.29, 1.82) is 0 Å². The Kier molecular flexibility index (Phi) is 2.76. The molecule has 0 fully saturated rings. The number of benzene rings is 2. The Balaban J connectivity index is 2.30. The molecule has 0 saturated heterocycles. The topological polar surface area (TPSA) is 30.2 Å². The quantitative estimate of drug-likeness (QED) is 0.673. The van der Waals surface area contributed by atoms with Gasteiger partial charge in [0, 0.05) is 16.1 Å². The molecule has 0 radical (unpaired) electrons. The van der Waals surface area contributed by atoms with Crippen molar-refractivity contribution in [3.8, 4) is 11.3 Å². The van der Waals surface area contributed by atoms with Gasteiger partial charge in [0.25, 0.3) is 0 Å². The summed E-state index contributed by atoms with van der Waals surface area (Å²) >= 11 is 3.38. The van der Waals surface area contributed by atoms with E-state index in [9.17, 15) is 4.79 Å². The summed E-state index contributed by atoms with van der Waals surface area (Å²) in [6, 6.07) is 16.5. The Bertz CT molecular complexity index is 760. The van der Waals surface area contributed by atoms with E-state index in [1.54, 1.807) is 6.07 Å². The molecule has 0 N–H and O–H groups in total. The third kappa shape index (κ3) is 1.97. The molecular formula is C15H9BrO2. The Morgan fingerprint density at radius 3 is 2.50 bits per heavy atom. The number of hydrogen-bond acceptors (Lipinski definition) is 2. The van der Waals surface area contributed by atoms with Gasteiger partial charge >= 0.3 is 0 Å². The third-order valence-electron chi connectivity index (χ3n) is 2.75. The van der Waals surface area contributed by atoms with E-state index < -0.39 is 0 Å². The van der Waals surface area contributed by atoms with E-state index >= 15 is 0 Å². The first-order valence-electron chi connectivity index (χ1n) is 5.53. The van der Waals surface area contributed by atoms with Crippen molar-refractivity contribution in [2.45, 2.75) is 0 Å². The van der Waals surface area contributed by atoms with Gasteiger partial charge in [-0.1, -0.05) is 46.3 Å². The fraction of sp³-hybridized carbons (Fsp3) is 0. The van der Waals surface area contributed by atoms with Crippen LogP contribution < -0.4 is 5.43 Å². The lowest BCUT2D eigenvalue weighted by molar-refractivity contribution is 0.618. The molecule has 3 rings (SSSR count). The summed E-state index contributed by atoms with van der Waals surface area (Å²) in [5.41, 5.74) is 1.47. The molecule has 3 aromatic rings. The molecule has 1 aromatic heterocycles. The van der Waals surface area contributed by atoms with Crippen LogP contribution in [0.3, 0.4) is 0 Å². The maximum atomic E-state index is 12.0. The molecule has 0 unspecified atom stereocenters. The first kappa shape index (κ1) is 11.2. The maximum absolute atomic E-state index is 12.0. The van der Waals surface area contributed by atoms with Crippen molar-refractivity contribution >= 4 is 26.9 Å². The third-order valence-corrected chi connectivity index (χ3v) is 3.24. The van der Waals surface area contributed by atoms with Crippen LogP contribution in [0, 0.1) is 0 Å². The van der Waals surface area contributed by atoms with E-state index in [-0.39, 0.29) is 5.43 Å². The van der Waals surface area contributed by atoms with Gasteiger partial charge in [-0.3, -0.25) is 4.79 Å². The molecule has 0 aliphatic heterocycles. The van der Waals surface area contributed by atoms with E-state index in [1.165, 1.54) is 6.07 Å². The van der Waals surface area contributed by atoms with E-state index in [4.69, 9.17) is 4.42 Å². The fourth-order valence-electron chi connectivity index (χ4n) is 1.87. The Morgan fingerprint density at radius 2 is 1.72 bits per heavy atom. The predicted octanol–water partition coefficient (Wildman–Crippen LogP) is 4.22. The number of rotatable bonds is 1. The molecule has 18 heavy (non-hydrogen) atoms. The summed E-state index contributed by atoms with van der Waals surface area (Å²) in [5, 5.41) is 0.595. The maximum Gasteiger partial charge on any atom is 0.193 e. The largest absolute Gasteiger partial charge is 0.456 e. The average Bonchev–Trinajstić information content (AvgIpc) is 2.39. The van der Waals surface area contributed by atoms with Crippen molar-refractivity contribution in [1.82, 2.24) is 0 Å². The Labute approximate surface area is 112 Å². The Hall–Kier alpha value is -1.87. The van der Waals surface area contributed by atoms with Gasteiger partial charge in [-0.2, -0.15) is 0 Å². The van der Waals surface area contributed by atoms with Crippen LogP contribution in [0.5, 0.6) is 0 Å². The van der Waals surface area contributed by atoms with Gasteiger partial charge in [0.05, 0.1) is 5.39 Å². The van der Waals surface area contributed by atoms with Gasteiger partial charge in [0.1, 0.15) is 11.3 Å². The smallest absolute Gasteiger partial charge is 0.193 e. The summed E-state index contributed by atoms with van der Waals surface area (Å²) in [7, 11) is 0. The van der Waals surface area contributed by atoms with Crippen LogP contribution >= 0.6 is 15.9 Å². The van der Waals surface area contributed by atoms with Crippen molar-refractivity contribution in [3.63, 3.8) is 0 Å². The molecule has 0 amide bonds. The monoisotopic (exact) mass is 300 g/mol. The second-order valence-corrected chi connectivity index (χ2v) is 4.90. The Morgan fingerprint density at radius 1 is 0.944 bits per heavy atom. The zero-order chi connectivity index (χ0) is 12.5. The molecule has 1 heterocycles. The molecule has 0 aliphatic carbocycles. The number of hydrogen-bond donors (Lipinski definition) is 0. The lowest BCUT2D eigenvalue weighted by Crippen LogP contribution is -1.99. The van der Waals surface area contributed by atoms with Crippen LogP contribution in [0.4, 0.5) is 0 Å². The van der Waals surface area contributed by atoms with Gasteiger partial charge in [-0.15, -0.1) is 0 Å². The zero-order valence-electron chi connectivity index (χ0n) is 9.39. The van der Waals surface area contributed by atoms with E-state index in [0.29, 0.717) is 16.7 Å². The van der Waals surface area contributed by atoms with Crippen LogP contribution in [-0.2, 0) is 0 Å². The summed E-state index contributed by atoms with van der Waals surface area (Å²) < 4.78 is 6.67. The molecule has 2 nitrogen and oxygen atoms in total. The van der Waals surface area contributed by atoms with Crippen molar-refractivity contribution in [3.05, 3.63) is 69.3 Å². The van der Waals surface area contributed by atoms with E-state index in [2.05, 4.69) is 15.9 Å². The highest BCUT2D eigenvalue weighted by atomic mass is 79.9. The van der Waals surface area contributed by atoms with Crippen LogP contribution in [-0.4, -0.2) is 0 Å². The normalized spacial score (nSPS) is 10.7. The molecular weight excluding hydrogens is 292 g/mol. The van der Waals surface area contributed by atoms with Crippen LogP contribution in [0.1, 0.15) is 0 Å². The number of halogens is 1. The van der Waals surface area contributed by atoms with Gasteiger partial charge in [-0.05, 0) is 18.2 Å². The molecule has 0 bridgehead atoms. The standard InChI is InChI=1S/C15H9BrO2/c16-11-6-7-12-13(17)9-14(18-15(12)8-11)10-4-2-1-3-5-10/h1-9H. The zero-order valence-corrected chi connectivity index (χ0v) is 11.0. The first-order valence-corrected chi connectivity index (χ1v) is 6.32. The molecule has 0 saturated carbocycles. The highest BCUT2D eigenvalue weighted by Crippen LogP contribution is 2.23. The summed E-state index contributed by atoms with van der Waals surface area (Å²) in [4.78, 5) is 12.0. The lowest BCUT2D eigenvalue weighted by Gasteiger charge is -2.03. The minimum atomic E-state index is -0.0254. The SMILES string of the molecule is O=c1cc(-c2ccccc2)oc2cc(Br)ccc12. The molecule has 2 aromatic carbocycles. The van der Waals surface area contributed by atoms with Crippen molar-refractivity contribution < 1.29 is 4.42 Å². The highest BCUT2D eigenvalue weighted by molar-refractivity contribution is 9.10. The molecule has 88 valence electrons. The van der Waals surface area contributed by atoms with E-state index in [0.717, 1.165) is 10.0 Å². The molecule has 3 heteroatoms. The first-order chi connectivity index (χ1) is 8.74. The summed E-state index contributed by atoms with van der Waals surface area (Å²) in [5.74, 6) is 0.589. The lowest BCUT2D eigenvalue weighted by atomic mass is 10.1. The van der Waals surface area contributed by atoms with E-state index in [1.807, 2.05) is 42.5 Å². The minimum Gasteiger partial charge on any atom is -0.456 e. The average molecular weight is 301 g/mol. The second-order valence-electron chi connectivity index (χ2n) is 3.98.